The van der Waals surface area contributed by atoms with Crippen LogP contribution in [0.1, 0.15) is 39.1 Å². The van der Waals surface area contributed by atoms with E-state index in [9.17, 15) is 14.4 Å². The second-order valence-corrected chi connectivity index (χ2v) is 7.56. The number of rotatable bonds is 8. The highest BCUT2D eigenvalue weighted by Crippen LogP contribution is 2.24. The van der Waals surface area contributed by atoms with Gasteiger partial charge in [0.2, 0.25) is 5.90 Å². The van der Waals surface area contributed by atoms with Crippen molar-refractivity contribution in [3.63, 3.8) is 0 Å². The van der Waals surface area contributed by atoms with Gasteiger partial charge in [-0.25, -0.2) is 9.79 Å². The highest BCUT2D eigenvalue weighted by Gasteiger charge is 2.37. The minimum atomic E-state index is -0.666. The minimum Gasteiger partial charge on any atom is -0.405 e. The first-order valence-corrected chi connectivity index (χ1v) is 10.6. The second kappa shape index (κ2) is 9.80. The summed E-state index contributed by atoms with van der Waals surface area (Å²) in [6.07, 6.45) is 2.23. The van der Waals surface area contributed by atoms with Crippen LogP contribution in [0.3, 0.4) is 0 Å². The molecule has 0 bridgehead atoms. The number of hydrogen-bond donors (Lipinski definition) is 0. The minimum absolute atomic E-state index is 0.0263. The van der Waals surface area contributed by atoms with E-state index < -0.39 is 17.8 Å². The van der Waals surface area contributed by atoms with E-state index in [1.165, 1.54) is 0 Å². The van der Waals surface area contributed by atoms with Crippen molar-refractivity contribution in [1.29, 1.82) is 10.5 Å². The van der Waals surface area contributed by atoms with Gasteiger partial charge in [-0.1, -0.05) is 24.3 Å². The van der Waals surface area contributed by atoms with E-state index in [1.54, 1.807) is 42.5 Å². The van der Waals surface area contributed by atoms with Crippen molar-refractivity contribution in [2.45, 2.75) is 12.8 Å². The van der Waals surface area contributed by atoms with Crippen molar-refractivity contribution in [3.8, 4) is 12.1 Å². The second-order valence-electron chi connectivity index (χ2n) is 7.56. The lowest BCUT2D eigenvalue weighted by Crippen LogP contribution is -2.35. The number of esters is 1. The number of fused-ring (bicyclic) bond motifs is 1. The molecule has 9 nitrogen and oxygen atoms in total. The van der Waals surface area contributed by atoms with Crippen molar-refractivity contribution in [2.24, 2.45) is 4.99 Å². The molecule has 0 saturated heterocycles. The quantitative estimate of drug-likeness (QED) is 0.342. The molecule has 2 aromatic carbocycles. The fourth-order valence-electron chi connectivity index (χ4n) is 3.72. The van der Waals surface area contributed by atoms with Crippen LogP contribution in [0, 0.1) is 22.7 Å². The van der Waals surface area contributed by atoms with Crippen LogP contribution >= 0.6 is 0 Å². The van der Waals surface area contributed by atoms with Crippen molar-refractivity contribution in [1.82, 2.24) is 4.90 Å². The average Bonchev–Trinajstić information content (AvgIpc) is 3.31. The maximum atomic E-state index is 12.5. The normalized spacial score (nSPS) is 15.6. The Hall–Kier alpha value is -4.76. The fourth-order valence-corrected chi connectivity index (χ4v) is 3.72. The van der Waals surface area contributed by atoms with E-state index in [0.29, 0.717) is 42.6 Å². The van der Waals surface area contributed by atoms with Crippen LogP contribution in [-0.2, 0) is 9.53 Å². The van der Waals surface area contributed by atoms with E-state index >= 15 is 0 Å². The summed E-state index contributed by atoms with van der Waals surface area (Å²) >= 11 is 0. The predicted molar refractivity (Wildman–Crippen MR) is 122 cm³/mol. The summed E-state index contributed by atoms with van der Waals surface area (Å²) in [5.41, 5.74) is 2.24. The number of nitriles is 2. The summed E-state index contributed by atoms with van der Waals surface area (Å²) in [5, 5.41) is 17.7. The number of benzene rings is 2. The monoisotopic (exact) mass is 453 g/mol. The van der Waals surface area contributed by atoms with Crippen molar-refractivity contribution < 1.29 is 19.1 Å². The molecule has 0 spiro atoms. The number of aliphatic imine (C=N–C) groups is 1. The van der Waals surface area contributed by atoms with Gasteiger partial charge in [-0.15, -0.1) is 0 Å². The molecule has 0 fully saturated rings. The topological polar surface area (TPSA) is 127 Å². The largest absolute Gasteiger partial charge is 0.405 e. The number of hydrogen-bond acceptors (Lipinski definition) is 8. The molecule has 2 aliphatic rings. The van der Waals surface area contributed by atoms with Gasteiger partial charge >= 0.3 is 5.97 Å². The van der Waals surface area contributed by atoms with E-state index in [2.05, 4.69) is 17.1 Å². The molecule has 4 rings (SSSR count). The zero-order chi connectivity index (χ0) is 24.1. The maximum Gasteiger partial charge on any atom is 0.363 e. The summed E-state index contributed by atoms with van der Waals surface area (Å²) in [7, 11) is 0. The Morgan fingerprint density at radius 2 is 1.50 bits per heavy atom. The van der Waals surface area contributed by atoms with Crippen LogP contribution in [0.2, 0.25) is 0 Å². The molecular formula is C25H19N5O4. The van der Waals surface area contributed by atoms with Gasteiger partial charge in [0.05, 0.1) is 36.1 Å². The zero-order valence-electron chi connectivity index (χ0n) is 18.1. The Kier molecular flexibility index (Phi) is 6.47. The molecular weight excluding hydrogens is 434 g/mol. The lowest BCUT2D eigenvalue weighted by atomic mass is 10.1. The summed E-state index contributed by atoms with van der Waals surface area (Å²) in [6, 6.07) is 18.0. The molecule has 0 aromatic heterocycles. The van der Waals surface area contributed by atoms with E-state index in [0.717, 1.165) is 10.6 Å². The SMILES string of the molecule is N#CCCN(CCC#N)c1ccc(/C=C2/N=C(CN3C(=O)c4ccccc4C3=O)OC2=O)cc1. The highest BCUT2D eigenvalue weighted by atomic mass is 16.6. The van der Waals surface area contributed by atoms with Crippen molar-refractivity contribution >= 4 is 35.4 Å². The molecule has 0 aliphatic carbocycles. The van der Waals surface area contributed by atoms with Gasteiger partial charge in [0.1, 0.15) is 6.54 Å². The molecule has 0 unspecified atom stereocenters. The van der Waals surface area contributed by atoms with Crippen molar-refractivity contribution in [3.05, 3.63) is 70.9 Å². The summed E-state index contributed by atoms with van der Waals surface area (Å²) < 4.78 is 5.18. The van der Waals surface area contributed by atoms with Crippen LogP contribution in [0.4, 0.5) is 5.69 Å². The Labute approximate surface area is 195 Å². The number of carbonyl (C=O) groups is 3. The molecule has 0 atom stereocenters. The standard InChI is InChI=1S/C25H19N5O4/c26-11-3-13-29(14-4-12-27)18-9-7-17(8-10-18)15-21-25(33)34-22(28-21)16-30-23(31)19-5-1-2-6-20(19)24(30)32/h1-2,5-10,15H,3-4,13-14,16H2/b21-15+. The molecule has 0 saturated carbocycles. The number of ether oxygens (including phenoxy) is 1. The van der Waals surface area contributed by atoms with Crippen LogP contribution in [0.5, 0.6) is 0 Å². The molecule has 2 aromatic rings. The molecule has 2 aliphatic heterocycles. The average molecular weight is 453 g/mol. The highest BCUT2D eigenvalue weighted by molar-refractivity contribution is 6.23. The molecule has 168 valence electrons. The smallest absolute Gasteiger partial charge is 0.363 e. The van der Waals surface area contributed by atoms with Crippen LogP contribution in [-0.4, -0.2) is 48.2 Å². The number of nitrogens with zero attached hydrogens (tertiary/aromatic N) is 5. The zero-order valence-corrected chi connectivity index (χ0v) is 18.1. The molecule has 9 heteroatoms. The Bertz CT molecular complexity index is 1240. The third kappa shape index (κ3) is 4.54. The molecule has 2 heterocycles. The number of anilines is 1. The van der Waals surface area contributed by atoms with Gasteiger partial charge in [-0.05, 0) is 35.9 Å². The van der Waals surface area contributed by atoms with Gasteiger partial charge in [0.25, 0.3) is 11.8 Å². The third-order valence-corrected chi connectivity index (χ3v) is 5.39. The first-order chi connectivity index (χ1) is 16.5. The van der Waals surface area contributed by atoms with Gasteiger partial charge in [-0.2, -0.15) is 10.5 Å². The third-order valence-electron chi connectivity index (χ3n) is 5.39. The van der Waals surface area contributed by atoms with Gasteiger partial charge in [-0.3, -0.25) is 14.5 Å². The first kappa shape index (κ1) is 22.4. The summed E-state index contributed by atoms with van der Waals surface area (Å²) in [6.45, 7) is 0.786. The number of amides is 2. The van der Waals surface area contributed by atoms with Crippen LogP contribution in [0.25, 0.3) is 6.08 Å². The van der Waals surface area contributed by atoms with E-state index in [4.69, 9.17) is 15.3 Å². The van der Waals surface area contributed by atoms with E-state index in [-0.39, 0.29) is 18.1 Å². The summed E-state index contributed by atoms with van der Waals surface area (Å²) in [5.74, 6) is -1.60. The molecule has 34 heavy (non-hydrogen) atoms. The molecule has 0 N–H and O–H groups in total. The molecule has 0 radical (unpaired) electrons. The number of cyclic esters (lactones) is 1. The summed E-state index contributed by atoms with van der Waals surface area (Å²) in [4.78, 5) is 44.5. The van der Waals surface area contributed by atoms with Crippen LogP contribution < -0.4 is 4.90 Å². The maximum absolute atomic E-state index is 12.5. The number of imide groups is 1. The Morgan fingerprint density at radius 3 is 2.06 bits per heavy atom. The lowest BCUT2D eigenvalue weighted by molar-refractivity contribution is -0.130. The van der Waals surface area contributed by atoms with Gasteiger partial charge in [0, 0.05) is 18.8 Å². The van der Waals surface area contributed by atoms with Crippen molar-refractivity contribution in [2.75, 3.05) is 24.5 Å². The predicted octanol–water partition coefficient (Wildman–Crippen LogP) is 2.91. The number of carbonyl (C=O) groups excluding carboxylic acids is 3. The van der Waals surface area contributed by atoms with Crippen LogP contribution in [0.15, 0.2) is 59.2 Å². The van der Waals surface area contributed by atoms with E-state index in [1.807, 2.05) is 17.0 Å². The Balaban J connectivity index is 1.47. The van der Waals surface area contributed by atoms with Gasteiger partial charge < -0.3 is 9.64 Å². The van der Waals surface area contributed by atoms with Gasteiger partial charge in [0.15, 0.2) is 5.70 Å². The lowest BCUT2D eigenvalue weighted by Gasteiger charge is -2.22. The first-order valence-electron chi connectivity index (χ1n) is 10.6. The fraction of sp³-hybridized carbons (Fsp3) is 0.200. The Morgan fingerprint density at radius 1 is 0.912 bits per heavy atom. The molecule has 2 amide bonds.